The lowest BCUT2D eigenvalue weighted by Crippen LogP contribution is -2.30. The van der Waals surface area contributed by atoms with E-state index in [9.17, 15) is 0 Å². The number of nitrogens with zero attached hydrogens (tertiary/aromatic N) is 1. The first-order chi connectivity index (χ1) is 9.93. The summed E-state index contributed by atoms with van der Waals surface area (Å²) in [6.07, 6.45) is 12.7. The van der Waals surface area contributed by atoms with E-state index in [2.05, 4.69) is 29.2 Å². The first-order valence-electron chi connectivity index (χ1n) is 8.73. The van der Waals surface area contributed by atoms with Gasteiger partial charge in [0.05, 0.1) is 0 Å². The molecule has 1 heteroatoms. The molecule has 1 unspecified atom stereocenters. The summed E-state index contributed by atoms with van der Waals surface area (Å²) in [4.78, 5) is 2.67. The van der Waals surface area contributed by atoms with Gasteiger partial charge in [0, 0.05) is 0 Å². The Morgan fingerprint density at radius 3 is 2.70 bits per heavy atom. The number of aryl methyl sites for hydroxylation is 1. The van der Waals surface area contributed by atoms with Crippen LogP contribution in [0.3, 0.4) is 0 Å². The lowest BCUT2D eigenvalue weighted by Gasteiger charge is -2.26. The van der Waals surface area contributed by atoms with Crippen LogP contribution in [-0.4, -0.2) is 24.5 Å². The van der Waals surface area contributed by atoms with Crippen LogP contribution in [0.5, 0.6) is 0 Å². The van der Waals surface area contributed by atoms with Crippen LogP contribution in [0.25, 0.3) is 0 Å². The Labute approximate surface area is 124 Å². The van der Waals surface area contributed by atoms with E-state index in [0.717, 1.165) is 5.92 Å². The van der Waals surface area contributed by atoms with E-state index >= 15 is 0 Å². The molecule has 1 aliphatic heterocycles. The van der Waals surface area contributed by atoms with Crippen LogP contribution in [0, 0.1) is 0 Å². The smallest absolute Gasteiger partial charge is 0.00187 e. The average molecular weight is 271 g/mol. The molecule has 1 nitrogen and oxygen atoms in total. The van der Waals surface area contributed by atoms with Crippen molar-refractivity contribution in [3.8, 4) is 0 Å². The molecule has 1 heterocycles. The van der Waals surface area contributed by atoms with Crippen molar-refractivity contribution in [3.63, 3.8) is 0 Å². The quantitative estimate of drug-likeness (QED) is 0.674. The number of rotatable bonds is 6. The van der Waals surface area contributed by atoms with Gasteiger partial charge in [-0.15, -0.1) is 0 Å². The summed E-state index contributed by atoms with van der Waals surface area (Å²) in [6, 6.07) is 9.10. The van der Waals surface area contributed by atoms with Crippen molar-refractivity contribution in [2.45, 2.75) is 63.7 Å². The van der Waals surface area contributed by atoms with E-state index in [-0.39, 0.29) is 0 Å². The Hall–Kier alpha value is -0.820. The Kier molecular flexibility index (Phi) is 5.13. The fourth-order valence-electron chi connectivity index (χ4n) is 4.03. The van der Waals surface area contributed by atoms with Gasteiger partial charge in [0.15, 0.2) is 0 Å². The predicted octanol–water partition coefficient (Wildman–Crippen LogP) is 4.76. The highest BCUT2D eigenvalue weighted by Gasteiger charge is 2.21. The van der Waals surface area contributed by atoms with Crippen molar-refractivity contribution in [1.29, 1.82) is 0 Å². The molecule has 0 bridgehead atoms. The summed E-state index contributed by atoms with van der Waals surface area (Å²) in [5, 5.41) is 0. The highest BCUT2D eigenvalue weighted by atomic mass is 15.1. The van der Waals surface area contributed by atoms with Crippen LogP contribution in [0.1, 0.15) is 68.4 Å². The van der Waals surface area contributed by atoms with Crippen molar-refractivity contribution in [3.05, 3.63) is 35.4 Å². The van der Waals surface area contributed by atoms with E-state index in [1.54, 1.807) is 11.1 Å². The van der Waals surface area contributed by atoms with Gasteiger partial charge < -0.3 is 4.90 Å². The largest absolute Gasteiger partial charge is 0.303 e. The molecule has 2 aliphatic rings. The summed E-state index contributed by atoms with van der Waals surface area (Å²) in [5.74, 6) is 0.862. The zero-order chi connectivity index (χ0) is 13.6. The number of likely N-dealkylation sites (tertiary alicyclic amines) is 1. The van der Waals surface area contributed by atoms with Crippen molar-refractivity contribution < 1.29 is 0 Å². The third-order valence-electron chi connectivity index (χ3n) is 5.23. The normalized spacial score (nSPS) is 22.9. The molecule has 1 aliphatic carbocycles. The van der Waals surface area contributed by atoms with Gasteiger partial charge in [-0.1, -0.05) is 43.5 Å². The molecule has 110 valence electrons. The number of unbranched alkanes of at least 4 members (excludes halogenated alkanes) is 2. The fourth-order valence-corrected chi connectivity index (χ4v) is 4.03. The van der Waals surface area contributed by atoms with Gasteiger partial charge in [-0.2, -0.15) is 0 Å². The Morgan fingerprint density at radius 2 is 1.80 bits per heavy atom. The van der Waals surface area contributed by atoms with Crippen LogP contribution in [-0.2, 0) is 6.42 Å². The molecule has 3 rings (SSSR count). The second-order valence-corrected chi connectivity index (χ2v) is 6.69. The molecule has 1 saturated heterocycles. The lowest BCUT2D eigenvalue weighted by molar-refractivity contribution is 0.224. The summed E-state index contributed by atoms with van der Waals surface area (Å²) in [7, 11) is 0. The van der Waals surface area contributed by atoms with E-state index in [0.29, 0.717) is 0 Å². The first kappa shape index (κ1) is 14.1. The highest BCUT2D eigenvalue weighted by molar-refractivity contribution is 5.34. The molecule has 1 fully saturated rings. The summed E-state index contributed by atoms with van der Waals surface area (Å²) in [6.45, 7) is 4.06. The Bertz CT molecular complexity index is 406. The SMILES string of the molecule is c1ccc2c(c1)CCC2CCCCCN1CCCCC1. The topological polar surface area (TPSA) is 3.24 Å². The zero-order valence-corrected chi connectivity index (χ0v) is 12.8. The van der Waals surface area contributed by atoms with Crippen LogP contribution in [0.15, 0.2) is 24.3 Å². The first-order valence-corrected chi connectivity index (χ1v) is 8.73. The fraction of sp³-hybridized carbons (Fsp3) is 0.684. The predicted molar refractivity (Wildman–Crippen MR) is 86.3 cm³/mol. The van der Waals surface area contributed by atoms with Crippen LogP contribution in [0.2, 0.25) is 0 Å². The maximum absolute atomic E-state index is 2.67. The van der Waals surface area contributed by atoms with E-state index in [1.165, 1.54) is 77.4 Å². The van der Waals surface area contributed by atoms with Crippen molar-refractivity contribution >= 4 is 0 Å². The minimum Gasteiger partial charge on any atom is -0.303 e. The second-order valence-electron chi connectivity index (χ2n) is 6.69. The van der Waals surface area contributed by atoms with Crippen molar-refractivity contribution in [2.24, 2.45) is 0 Å². The van der Waals surface area contributed by atoms with Crippen molar-refractivity contribution in [2.75, 3.05) is 19.6 Å². The van der Waals surface area contributed by atoms with Crippen LogP contribution in [0.4, 0.5) is 0 Å². The van der Waals surface area contributed by atoms with Crippen molar-refractivity contribution in [1.82, 2.24) is 4.90 Å². The third-order valence-corrected chi connectivity index (χ3v) is 5.23. The number of piperidine rings is 1. The molecule has 0 spiro atoms. The molecule has 0 radical (unpaired) electrons. The average Bonchev–Trinajstić information content (AvgIpc) is 2.91. The van der Waals surface area contributed by atoms with Gasteiger partial charge >= 0.3 is 0 Å². The summed E-state index contributed by atoms with van der Waals surface area (Å²) in [5.41, 5.74) is 3.27. The molecule has 0 amide bonds. The van der Waals surface area contributed by atoms with Gasteiger partial charge in [0.25, 0.3) is 0 Å². The molecule has 1 aromatic carbocycles. The van der Waals surface area contributed by atoms with Crippen LogP contribution >= 0.6 is 0 Å². The second kappa shape index (κ2) is 7.26. The maximum Gasteiger partial charge on any atom is -0.00187 e. The molecule has 0 saturated carbocycles. The summed E-state index contributed by atoms with van der Waals surface area (Å²) >= 11 is 0. The highest BCUT2D eigenvalue weighted by Crippen LogP contribution is 2.36. The van der Waals surface area contributed by atoms with Gasteiger partial charge in [0.1, 0.15) is 0 Å². The van der Waals surface area contributed by atoms with Gasteiger partial charge in [-0.3, -0.25) is 0 Å². The molecule has 1 atom stereocenters. The van der Waals surface area contributed by atoms with E-state index < -0.39 is 0 Å². The Morgan fingerprint density at radius 1 is 0.950 bits per heavy atom. The minimum absolute atomic E-state index is 0.862. The number of hydrogen-bond acceptors (Lipinski definition) is 1. The van der Waals surface area contributed by atoms with Gasteiger partial charge in [0.2, 0.25) is 0 Å². The monoisotopic (exact) mass is 271 g/mol. The standard InChI is InChI=1S/C19H29N/c1(6-14-20-15-7-2-8-16-20)3-9-17-12-13-18-10-4-5-11-19(17)18/h4-5,10-11,17H,1-3,6-9,12-16H2. The number of hydrogen-bond donors (Lipinski definition) is 0. The lowest BCUT2D eigenvalue weighted by atomic mass is 9.95. The molecular formula is C19H29N. The maximum atomic E-state index is 2.67. The number of benzene rings is 1. The molecular weight excluding hydrogens is 242 g/mol. The van der Waals surface area contributed by atoms with Gasteiger partial charge in [-0.05, 0) is 75.2 Å². The van der Waals surface area contributed by atoms with Crippen LogP contribution < -0.4 is 0 Å². The zero-order valence-electron chi connectivity index (χ0n) is 12.8. The molecule has 0 aromatic heterocycles. The minimum atomic E-state index is 0.862. The van der Waals surface area contributed by atoms with E-state index in [1.807, 2.05) is 0 Å². The Balaban J connectivity index is 1.32. The third kappa shape index (κ3) is 3.63. The molecule has 0 N–H and O–H groups in total. The number of fused-ring (bicyclic) bond motifs is 1. The summed E-state index contributed by atoms with van der Waals surface area (Å²) < 4.78 is 0. The molecule has 1 aromatic rings. The van der Waals surface area contributed by atoms with E-state index in [4.69, 9.17) is 0 Å². The van der Waals surface area contributed by atoms with Gasteiger partial charge in [-0.25, -0.2) is 0 Å². The molecule has 20 heavy (non-hydrogen) atoms.